The lowest BCUT2D eigenvalue weighted by molar-refractivity contribution is 0.351. The fourth-order valence-corrected chi connectivity index (χ4v) is 1.54. The Morgan fingerprint density at radius 1 is 1.54 bits per heavy atom. The number of fused-ring (bicyclic) bond motifs is 1. The third kappa shape index (κ3) is 1.52. The summed E-state index contributed by atoms with van der Waals surface area (Å²) in [5, 5.41) is 0. The highest BCUT2D eigenvalue weighted by molar-refractivity contribution is 5.40. The number of benzene rings is 1. The Morgan fingerprint density at radius 2 is 2.38 bits per heavy atom. The van der Waals surface area contributed by atoms with Crippen LogP contribution in [0.2, 0.25) is 0 Å². The quantitative estimate of drug-likeness (QED) is 0.752. The van der Waals surface area contributed by atoms with Crippen LogP contribution in [0, 0.1) is 0 Å². The van der Waals surface area contributed by atoms with Crippen molar-refractivity contribution in [2.45, 2.75) is 12.6 Å². The Bertz CT molecular complexity index is 314. The molecule has 0 fully saturated rings. The van der Waals surface area contributed by atoms with Gasteiger partial charge in [0.25, 0.3) is 0 Å². The van der Waals surface area contributed by atoms with Crippen LogP contribution in [0.1, 0.15) is 17.3 Å². The first kappa shape index (κ1) is 8.51. The van der Waals surface area contributed by atoms with Crippen LogP contribution in [-0.2, 0) is 6.42 Å². The summed E-state index contributed by atoms with van der Waals surface area (Å²) < 4.78 is 18.5. The van der Waals surface area contributed by atoms with E-state index in [0.29, 0.717) is 12.2 Å². The molecule has 1 unspecified atom stereocenters. The van der Waals surface area contributed by atoms with Gasteiger partial charge in [0.2, 0.25) is 0 Å². The molecule has 2 nitrogen and oxygen atoms in total. The first-order chi connectivity index (χ1) is 6.31. The Morgan fingerprint density at radius 3 is 3.15 bits per heavy atom. The smallest absolute Gasteiger partial charge is 0.137 e. The molecule has 0 radical (unpaired) electrons. The van der Waals surface area contributed by atoms with Crippen LogP contribution in [-0.4, -0.2) is 13.2 Å². The zero-order chi connectivity index (χ0) is 9.26. The highest BCUT2D eigenvalue weighted by Gasteiger charge is 2.15. The molecule has 70 valence electrons. The Labute approximate surface area is 76.5 Å². The van der Waals surface area contributed by atoms with Crippen LogP contribution in [0.25, 0.3) is 0 Å². The van der Waals surface area contributed by atoms with E-state index in [4.69, 9.17) is 10.5 Å². The molecule has 2 N–H and O–H groups in total. The van der Waals surface area contributed by atoms with Gasteiger partial charge in [0.1, 0.15) is 11.9 Å². The molecule has 3 heteroatoms. The molecule has 1 aromatic carbocycles. The molecule has 1 aliphatic heterocycles. The Kier molecular flexibility index (Phi) is 2.19. The van der Waals surface area contributed by atoms with E-state index in [1.165, 1.54) is 0 Å². The molecule has 1 heterocycles. The van der Waals surface area contributed by atoms with Crippen molar-refractivity contribution in [1.82, 2.24) is 0 Å². The second-order valence-corrected chi connectivity index (χ2v) is 3.17. The van der Waals surface area contributed by atoms with Gasteiger partial charge in [-0.2, -0.15) is 0 Å². The van der Waals surface area contributed by atoms with Crippen molar-refractivity contribution in [2.75, 3.05) is 13.2 Å². The van der Waals surface area contributed by atoms with Crippen molar-refractivity contribution in [3.05, 3.63) is 29.3 Å². The second-order valence-electron chi connectivity index (χ2n) is 3.17. The fourth-order valence-electron chi connectivity index (χ4n) is 1.54. The average Bonchev–Trinajstić information content (AvgIpc) is 2.63. The summed E-state index contributed by atoms with van der Waals surface area (Å²) in [6.45, 7) is 0.748. The standard InChI is InChI=1S/C10H12FNO/c11-9(6-12)7-1-2-10-8(5-7)3-4-13-10/h1-2,5,9H,3-4,6,12H2. The number of nitrogens with two attached hydrogens (primary N) is 1. The minimum atomic E-state index is -1.05. The van der Waals surface area contributed by atoms with Crippen LogP contribution < -0.4 is 10.5 Å². The second kappa shape index (κ2) is 3.34. The largest absolute Gasteiger partial charge is 0.493 e. The van der Waals surface area contributed by atoms with E-state index in [1.807, 2.05) is 12.1 Å². The molecule has 0 bridgehead atoms. The van der Waals surface area contributed by atoms with Gasteiger partial charge in [0.15, 0.2) is 0 Å². The predicted molar refractivity (Wildman–Crippen MR) is 48.5 cm³/mol. The van der Waals surface area contributed by atoms with E-state index >= 15 is 0 Å². The molecule has 13 heavy (non-hydrogen) atoms. The number of hydrogen-bond acceptors (Lipinski definition) is 2. The van der Waals surface area contributed by atoms with E-state index in [-0.39, 0.29) is 6.54 Å². The molecule has 1 aromatic rings. The number of hydrogen-bond donors (Lipinski definition) is 1. The van der Waals surface area contributed by atoms with E-state index < -0.39 is 6.17 Å². The van der Waals surface area contributed by atoms with Crippen molar-refractivity contribution in [1.29, 1.82) is 0 Å². The van der Waals surface area contributed by atoms with Gasteiger partial charge in [-0.25, -0.2) is 4.39 Å². The van der Waals surface area contributed by atoms with Crippen LogP contribution in [0.5, 0.6) is 5.75 Å². The van der Waals surface area contributed by atoms with Crippen molar-refractivity contribution in [3.63, 3.8) is 0 Å². The van der Waals surface area contributed by atoms with E-state index in [1.54, 1.807) is 6.07 Å². The summed E-state index contributed by atoms with van der Waals surface area (Å²) in [7, 11) is 0. The maximum absolute atomic E-state index is 13.2. The Hall–Kier alpha value is -1.09. The van der Waals surface area contributed by atoms with Crippen LogP contribution >= 0.6 is 0 Å². The lowest BCUT2D eigenvalue weighted by atomic mass is 10.1. The third-order valence-corrected chi connectivity index (χ3v) is 2.28. The van der Waals surface area contributed by atoms with Crippen molar-refractivity contribution in [2.24, 2.45) is 5.73 Å². The summed E-state index contributed by atoms with van der Waals surface area (Å²) in [6, 6.07) is 5.40. The van der Waals surface area contributed by atoms with Gasteiger partial charge in [0.05, 0.1) is 6.61 Å². The van der Waals surface area contributed by atoms with E-state index in [2.05, 4.69) is 0 Å². The monoisotopic (exact) mass is 181 g/mol. The van der Waals surface area contributed by atoms with Crippen LogP contribution in [0.4, 0.5) is 4.39 Å². The van der Waals surface area contributed by atoms with E-state index in [0.717, 1.165) is 17.7 Å². The van der Waals surface area contributed by atoms with Gasteiger partial charge in [0, 0.05) is 13.0 Å². The summed E-state index contributed by atoms with van der Waals surface area (Å²) in [5.74, 6) is 0.882. The zero-order valence-corrected chi connectivity index (χ0v) is 7.29. The molecular formula is C10H12FNO. The molecule has 0 amide bonds. The molecule has 0 saturated heterocycles. The first-order valence-electron chi connectivity index (χ1n) is 4.41. The Balaban J connectivity index is 2.30. The van der Waals surface area contributed by atoms with Crippen LogP contribution in [0.15, 0.2) is 18.2 Å². The van der Waals surface area contributed by atoms with Crippen molar-refractivity contribution in [3.8, 4) is 5.75 Å². The molecule has 2 rings (SSSR count). The minimum Gasteiger partial charge on any atom is -0.493 e. The summed E-state index contributed by atoms with van der Waals surface area (Å²) >= 11 is 0. The molecule has 1 aliphatic rings. The topological polar surface area (TPSA) is 35.2 Å². The summed E-state index contributed by atoms with van der Waals surface area (Å²) in [5.41, 5.74) is 6.99. The first-order valence-corrected chi connectivity index (χ1v) is 4.41. The van der Waals surface area contributed by atoms with Gasteiger partial charge in [-0.1, -0.05) is 6.07 Å². The lowest BCUT2D eigenvalue weighted by Gasteiger charge is -2.06. The van der Waals surface area contributed by atoms with Gasteiger partial charge < -0.3 is 10.5 Å². The number of ether oxygens (including phenoxy) is 1. The predicted octanol–water partition coefficient (Wildman–Crippen LogP) is 1.59. The maximum Gasteiger partial charge on any atom is 0.137 e. The fraction of sp³-hybridized carbons (Fsp3) is 0.400. The highest BCUT2D eigenvalue weighted by atomic mass is 19.1. The molecule has 0 aromatic heterocycles. The van der Waals surface area contributed by atoms with E-state index in [9.17, 15) is 4.39 Å². The third-order valence-electron chi connectivity index (χ3n) is 2.28. The van der Waals surface area contributed by atoms with Crippen molar-refractivity contribution >= 4 is 0 Å². The number of alkyl halides is 1. The van der Waals surface area contributed by atoms with Gasteiger partial charge in [-0.05, 0) is 23.3 Å². The normalized spacial score (nSPS) is 16.5. The molecule has 0 spiro atoms. The number of rotatable bonds is 2. The SMILES string of the molecule is NCC(F)c1ccc2c(c1)CCO2. The highest BCUT2D eigenvalue weighted by Crippen LogP contribution is 2.28. The van der Waals surface area contributed by atoms with Crippen LogP contribution in [0.3, 0.4) is 0 Å². The summed E-state index contributed by atoms with van der Waals surface area (Å²) in [4.78, 5) is 0. The van der Waals surface area contributed by atoms with Gasteiger partial charge >= 0.3 is 0 Å². The van der Waals surface area contributed by atoms with Gasteiger partial charge in [-0.15, -0.1) is 0 Å². The molecule has 1 atom stereocenters. The summed E-state index contributed by atoms with van der Waals surface area (Å²) in [6.07, 6.45) is -0.175. The molecular weight excluding hydrogens is 169 g/mol. The lowest BCUT2D eigenvalue weighted by Crippen LogP contribution is -2.07. The average molecular weight is 181 g/mol. The minimum absolute atomic E-state index is 0.0413. The number of halogens is 1. The molecule has 0 aliphatic carbocycles. The maximum atomic E-state index is 13.2. The molecule has 0 saturated carbocycles. The zero-order valence-electron chi connectivity index (χ0n) is 7.29. The van der Waals surface area contributed by atoms with Gasteiger partial charge in [-0.3, -0.25) is 0 Å². The van der Waals surface area contributed by atoms with Crippen molar-refractivity contribution < 1.29 is 9.13 Å².